The number of para-hydroxylation sites is 1. The topological polar surface area (TPSA) is 55.4 Å². The Labute approximate surface area is 134 Å². The minimum Gasteiger partial charge on any atom is -0.404 e. The lowest BCUT2D eigenvalue weighted by molar-refractivity contribution is -0.275. The highest BCUT2D eigenvalue weighted by molar-refractivity contribution is 7.89. The molecular formula is C15H20F3NO3S. The molecule has 23 heavy (non-hydrogen) atoms. The van der Waals surface area contributed by atoms with Gasteiger partial charge in [0.2, 0.25) is 10.0 Å². The second-order valence-electron chi connectivity index (χ2n) is 5.70. The lowest BCUT2D eigenvalue weighted by Gasteiger charge is -2.17. The Morgan fingerprint density at radius 2 is 1.70 bits per heavy atom. The Kier molecular flexibility index (Phi) is 5.91. The van der Waals surface area contributed by atoms with Crippen LogP contribution in [0.5, 0.6) is 5.75 Å². The molecule has 130 valence electrons. The summed E-state index contributed by atoms with van der Waals surface area (Å²) in [4.78, 5) is -0.494. The molecular weight excluding hydrogens is 331 g/mol. The van der Waals surface area contributed by atoms with Gasteiger partial charge < -0.3 is 4.74 Å². The van der Waals surface area contributed by atoms with E-state index in [1.807, 2.05) is 0 Å². The molecule has 1 aromatic rings. The maximum atomic E-state index is 12.4. The van der Waals surface area contributed by atoms with Crippen LogP contribution in [0.25, 0.3) is 0 Å². The molecule has 0 aliphatic heterocycles. The predicted octanol–water partition coefficient (Wildman–Crippen LogP) is 3.83. The third kappa shape index (κ3) is 5.69. The molecule has 1 fully saturated rings. The minimum atomic E-state index is -4.94. The molecule has 0 atom stereocenters. The van der Waals surface area contributed by atoms with E-state index in [1.54, 1.807) is 0 Å². The molecule has 1 aromatic carbocycles. The van der Waals surface area contributed by atoms with E-state index in [-0.39, 0.29) is 12.5 Å². The fraction of sp³-hybridized carbons (Fsp3) is 0.600. The van der Waals surface area contributed by atoms with Crippen LogP contribution in [-0.2, 0) is 10.0 Å². The molecule has 1 aliphatic rings. The van der Waals surface area contributed by atoms with Crippen molar-refractivity contribution in [1.29, 1.82) is 0 Å². The number of rotatable bonds is 5. The number of ether oxygens (including phenoxy) is 1. The number of hydrogen-bond acceptors (Lipinski definition) is 3. The normalized spacial score (nSPS) is 17.7. The van der Waals surface area contributed by atoms with Crippen molar-refractivity contribution in [3.8, 4) is 5.75 Å². The van der Waals surface area contributed by atoms with E-state index in [0.29, 0.717) is 0 Å². The van der Waals surface area contributed by atoms with Crippen LogP contribution in [0.15, 0.2) is 29.2 Å². The van der Waals surface area contributed by atoms with Crippen LogP contribution in [0.2, 0.25) is 0 Å². The van der Waals surface area contributed by atoms with E-state index in [4.69, 9.17) is 0 Å². The molecule has 0 radical (unpaired) electrons. The highest BCUT2D eigenvalue weighted by Gasteiger charge is 2.34. The van der Waals surface area contributed by atoms with Crippen molar-refractivity contribution >= 4 is 10.0 Å². The fourth-order valence-electron chi connectivity index (χ4n) is 2.75. The first kappa shape index (κ1) is 18.1. The zero-order valence-corrected chi connectivity index (χ0v) is 13.4. The fourth-order valence-corrected chi connectivity index (χ4v) is 4.00. The van der Waals surface area contributed by atoms with Crippen molar-refractivity contribution < 1.29 is 26.3 Å². The van der Waals surface area contributed by atoms with E-state index in [2.05, 4.69) is 9.46 Å². The highest BCUT2D eigenvalue weighted by Crippen LogP contribution is 2.29. The Morgan fingerprint density at radius 3 is 2.30 bits per heavy atom. The molecule has 1 saturated carbocycles. The average Bonchev–Trinajstić information content (AvgIpc) is 2.72. The number of alkyl halides is 3. The van der Waals surface area contributed by atoms with Gasteiger partial charge in [0.05, 0.1) is 0 Å². The molecule has 0 heterocycles. The second kappa shape index (κ2) is 7.53. The van der Waals surface area contributed by atoms with Gasteiger partial charge in [0.25, 0.3) is 0 Å². The highest BCUT2D eigenvalue weighted by atomic mass is 32.2. The van der Waals surface area contributed by atoms with Crippen molar-refractivity contribution in [2.75, 3.05) is 6.54 Å². The summed E-state index contributed by atoms with van der Waals surface area (Å²) in [5.41, 5.74) is 0. The van der Waals surface area contributed by atoms with Crippen LogP contribution >= 0.6 is 0 Å². The SMILES string of the molecule is O=S(=O)(NCC1CCCCCC1)c1ccccc1OC(F)(F)F. The van der Waals surface area contributed by atoms with Gasteiger partial charge in [0.15, 0.2) is 0 Å². The Bertz CT molecular complexity index is 609. The molecule has 0 bridgehead atoms. The van der Waals surface area contributed by atoms with Crippen LogP contribution in [0, 0.1) is 5.92 Å². The third-order valence-corrected chi connectivity index (χ3v) is 5.36. The quantitative estimate of drug-likeness (QED) is 0.820. The lowest BCUT2D eigenvalue weighted by Crippen LogP contribution is -2.30. The van der Waals surface area contributed by atoms with Gasteiger partial charge in [-0.3, -0.25) is 0 Å². The summed E-state index contributed by atoms with van der Waals surface area (Å²) in [6.45, 7) is 0.239. The third-order valence-electron chi connectivity index (χ3n) is 3.90. The summed E-state index contributed by atoms with van der Waals surface area (Å²) in [6, 6.07) is 4.76. The largest absolute Gasteiger partial charge is 0.573 e. The smallest absolute Gasteiger partial charge is 0.404 e. The summed E-state index contributed by atoms with van der Waals surface area (Å²) in [7, 11) is -4.05. The van der Waals surface area contributed by atoms with Gasteiger partial charge in [-0.1, -0.05) is 37.8 Å². The van der Waals surface area contributed by atoms with E-state index in [1.165, 1.54) is 12.1 Å². The molecule has 4 nitrogen and oxygen atoms in total. The maximum Gasteiger partial charge on any atom is 0.573 e. The average molecular weight is 351 g/mol. The number of nitrogens with one attached hydrogen (secondary N) is 1. The first-order valence-corrected chi connectivity index (χ1v) is 9.11. The zero-order valence-electron chi connectivity index (χ0n) is 12.6. The van der Waals surface area contributed by atoms with E-state index in [0.717, 1.165) is 50.7 Å². The molecule has 0 spiro atoms. The number of sulfonamides is 1. The molecule has 8 heteroatoms. The van der Waals surface area contributed by atoms with Crippen molar-refractivity contribution in [2.24, 2.45) is 5.92 Å². The molecule has 0 aromatic heterocycles. The van der Waals surface area contributed by atoms with Gasteiger partial charge in [0.1, 0.15) is 10.6 Å². The van der Waals surface area contributed by atoms with Gasteiger partial charge in [-0.05, 0) is 30.9 Å². The Balaban J connectivity index is 2.09. The molecule has 2 rings (SSSR count). The number of hydrogen-bond donors (Lipinski definition) is 1. The van der Waals surface area contributed by atoms with Gasteiger partial charge in [0, 0.05) is 6.54 Å². The second-order valence-corrected chi connectivity index (χ2v) is 7.44. The summed E-state index contributed by atoms with van der Waals surface area (Å²) >= 11 is 0. The van der Waals surface area contributed by atoms with Crippen molar-refractivity contribution in [1.82, 2.24) is 4.72 Å². The molecule has 0 unspecified atom stereocenters. The van der Waals surface area contributed by atoms with Crippen LogP contribution in [0.4, 0.5) is 13.2 Å². The Hall–Kier alpha value is -1.28. The zero-order chi connectivity index (χ0) is 16.9. The number of halogens is 3. The van der Waals surface area contributed by atoms with Crippen LogP contribution in [0.1, 0.15) is 38.5 Å². The van der Waals surface area contributed by atoms with Crippen molar-refractivity contribution in [3.05, 3.63) is 24.3 Å². The summed E-state index contributed by atoms with van der Waals surface area (Å²) in [5, 5.41) is 0. The standard InChI is InChI=1S/C15H20F3NO3S/c16-15(17,18)22-13-9-5-6-10-14(13)23(20,21)19-11-12-7-3-1-2-4-8-12/h5-6,9-10,12,19H,1-4,7-8,11H2. The first-order chi connectivity index (χ1) is 10.8. The predicted molar refractivity (Wildman–Crippen MR) is 79.5 cm³/mol. The van der Waals surface area contributed by atoms with Crippen LogP contribution in [0.3, 0.4) is 0 Å². The van der Waals surface area contributed by atoms with Crippen molar-refractivity contribution in [3.63, 3.8) is 0 Å². The maximum absolute atomic E-state index is 12.4. The van der Waals surface area contributed by atoms with Crippen LogP contribution in [-0.4, -0.2) is 21.3 Å². The Morgan fingerprint density at radius 1 is 1.09 bits per heavy atom. The van der Waals surface area contributed by atoms with Gasteiger partial charge in [-0.2, -0.15) is 0 Å². The molecule has 1 N–H and O–H groups in total. The van der Waals surface area contributed by atoms with E-state index < -0.39 is 27.0 Å². The summed E-state index contributed by atoms with van der Waals surface area (Å²) < 4.78 is 68.0. The monoisotopic (exact) mass is 351 g/mol. The van der Waals surface area contributed by atoms with E-state index >= 15 is 0 Å². The van der Waals surface area contributed by atoms with Gasteiger partial charge >= 0.3 is 6.36 Å². The van der Waals surface area contributed by atoms with Crippen molar-refractivity contribution in [2.45, 2.75) is 49.8 Å². The molecule has 0 amide bonds. The van der Waals surface area contributed by atoms with Crippen LogP contribution < -0.4 is 9.46 Å². The number of benzene rings is 1. The van der Waals surface area contributed by atoms with E-state index in [9.17, 15) is 21.6 Å². The summed E-state index contributed by atoms with van der Waals surface area (Å²) in [5.74, 6) is -0.490. The van der Waals surface area contributed by atoms with Gasteiger partial charge in [-0.15, -0.1) is 13.2 Å². The molecule has 0 saturated heterocycles. The minimum absolute atomic E-state index is 0.225. The molecule has 1 aliphatic carbocycles. The van der Waals surface area contributed by atoms with Gasteiger partial charge in [-0.25, -0.2) is 13.1 Å². The lowest BCUT2D eigenvalue weighted by atomic mass is 10.0. The summed E-state index contributed by atoms with van der Waals surface area (Å²) in [6.07, 6.45) is 1.33. The first-order valence-electron chi connectivity index (χ1n) is 7.62.